The van der Waals surface area contributed by atoms with Crippen molar-refractivity contribution in [3.63, 3.8) is 0 Å². The van der Waals surface area contributed by atoms with E-state index in [2.05, 4.69) is 0 Å². The number of aliphatic hydroxyl groups is 1. The third-order valence-electron chi connectivity index (χ3n) is 4.88. The first-order valence-electron chi connectivity index (χ1n) is 8.03. The number of aliphatic hydroxyl groups excluding tert-OH is 1. The van der Waals surface area contributed by atoms with Crippen LogP contribution in [-0.4, -0.2) is 23.5 Å². The van der Waals surface area contributed by atoms with Gasteiger partial charge in [0.25, 0.3) is 0 Å². The van der Waals surface area contributed by atoms with Gasteiger partial charge in [0.05, 0.1) is 18.2 Å². The molecule has 22 heavy (non-hydrogen) atoms. The van der Waals surface area contributed by atoms with Crippen LogP contribution >= 0.6 is 0 Å². The second-order valence-corrected chi connectivity index (χ2v) is 6.37. The molecule has 1 fully saturated rings. The molecular weight excluding hydrogens is 281 g/mol. The third kappa shape index (κ3) is 2.74. The summed E-state index contributed by atoms with van der Waals surface area (Å²) in [6.07, 6.45) is 5.66. The first-order valence-corrected chi connectivity index (χ1v) is 8.03. The van der Waals surface area contributed by atoms with E-state index in [0.29, 0.717) is 18.0 Å². The summed E-state index contributed by atoms with van der Waals surface area (Å²) in [6.45, 7) is 1.80. The van der Waals surface area contributed by atoms with Crippen molar-refractivity contribution in [1.29, 1.82) is 0 Å². The third-order valence-corrected chi connectivity index (χ3v) is 4.88. The van der Waals surface area contributed by atoms with Crippen LogP contribution in [0.5, 0.6) is 0 Å². The number of carbonyl (C=O) groups excluding carboxylic acids is 1. The Labute approximate surface area is 130 Å². The molecule has 1 aliphatic carbocycles. The zero-order valence-corrected chi connectivity index (χ0v) is 12.9. The lowest BCUT2D eigenvalue weighted by molar-refractivity contribution is -0.114. The Morgan fingerprint density at radius 2 is 2.00 bits per heavy atom. The van der Waals surface area contributed by atoms with Gasteiger partial charge in [0.1, 0.15) is 11.6 Å². The van der Waals surface area contributed by atoms with Crippen LogP contribution < -0.4 is 4.90 Å². The summed E-state index contributed by atoms with van der Waals surface area (Å²) < 4.78 is 13.6. The van der Waals surface area contributed by atoms with Crippen LogP contribution in [-0.2, 0) is 4.79 Å². The Morgan fingerprint density at radius 3 is 2.64 bits per heavy atom. The van der Waals surface area contributed by atoms with Crippen molar-refractivity contribution in [1.82, 2.24) is 0 Å². The van der Waals surface area contributed by atoms with Crippen LogP contribution in [0.25, 0.3) is 0 Å². The van der Waals surface area contributed by atoms with Crippen LogP contribution in [0.15, 0.2) is 35.6 Å². The molecule has 118 valence electrons. The van der Waals surface area contributed by atoms with E-state index in [-0.39, 0.29) is 23.4 Å². The lowest BCUT2D eigenvalue weighted by Crippen LogP contribution is -2.40. The molecule has 0 saturated heterocycles. The molecule has 0 spiro atoms. The van der Waals surface area contributed by atoms with E-state index in [9.17, 15) is 14.3 Å². The molecule has 2 aliphatic rings. The maximum atomic E-state index is 13.6. The molecule has 0 aromatic heterocycles. The van der Waals surface area contributed by atoms with E-state index in [0.717, 1.165) is 31.4 Å². The maximum absolute atomic E-state index is 13.6. The number of carbonyl (C=O) groups is 1. The molecule has 0 bridgehead atoms. The van der Waals surface area contributed by atoms with E-state index in [4.69, 9.17) is 0 Å². The van der Waals surface area contributed by atoms with Crippen molar-refractivity contribution in [2.24, 2.45) is 5.92 Å². The molecule has 3 rings (SSSR count). The predicted molar refractivity (Wildman–Crippen MR) is 84.4 cm³/mol. The first-order chi connectivity index (χ1) is 10.6. The Balaban J connectivity index is 1.97. The topological polar surface area (TPSA) is 40.5 Å². The number of hydrogen-bond donors (Lipinski definition) is 1. The number of ketones is 1. The largest absolute Gasteiger partial charge is 0.510 e. The summed E-state index contributed by atoms with van der Waals surface area (Å²) in [7, 11) is 0. The summed E-state index contributed by atoms with van der Waals surface area (Å²) >= 11 is 0. The number of halogens is 1. The minimum atomic E-state index is -0.296. The van der Waals surface area contributed by atoms with E-state index in [1.165, 1.54) is 25.5 Å². The molecule has 0 amide bonds. The van der Waals surface area contributed by atoms with Gasteiger partial charge in [-0.15, -0.1) is 0 Å². The SMILES string of the molecule is CC(=O)C1=C(O)CN(c2cccc(F)c2)C1C1CCCCC1. The summed E-state index contributed by atoms with van der Waals surface area (Å²) in [5.41, 5.74) is 1.26. The molecular formula is C18H22FNO2. The second kappa shape index (κ2) is 6.11. The van der Waals surface area contributed by atoms with Crippen molar-refractivity contribution >= 4 is 11.5 Å². The van der Waals surface area contributed by atoms with Crippen LogP contribution in [0.2, 0.25) is 0 Å². The van der Waals surface area contributed by atoms with Gasteiger partial charge in [-0.05, 0) is 43.9 Å². The van der Waals surface area contributed by atoms with Crippen molar-refractivity contribution < 1.29 is 14.3 Å². The standard InChI is InChI=1S/C18H22FNO2/c1-12(21)17-16(22)11-20(15-9-5-8-14(19)10-15)18(17)13-6-3-2-4-7-13/h5,8-10,13,18,22H,2-4,6-7,11H2,1H3. The van der Waals surface area contributed by atoms with Gasteiger partial charge in [-0.25, -0.2) is 4.39 Å². The van der Waals surface area contributed by atoms with Crippen LogP contribution in [0, 0.1) is 11.7 Å². The lowest BCUT2D eigenvalue weighted by Gasteiger charge is -2.36. The highest BCUT2D eigenvalue weighted by atomic mass is 19.1. The number of Topliss-reactive ketones (excluding diaryl/α,β-unsaturated/α-hetero) is 1. The quantitative estimate of drug-likeness (QED) is 0.917. The molecule has 4 heteroatoms. The molecule has 1 aromatic rings. The molecule has 1 unspecified atom stereocenters. The molecule has 1 heterocycles. The zero-order valence-electron chi connectivity index (χ0n) is 12.9. The van der Waals surface area contributed by atoms with Gasteiger partial charge < -0.3 is 10.0 Å². The normalized spacial score (nSPS) is 23.2. The molecule has 0 radical (unpaired) electrons. The van der Waals surface area contributed by atoms with Crippen LogP contribution in [0.4, 0.5) is 10.1 Å². The monoisotopic (exact) mass is 303 g/mol. The summed E-state index contributed by atoms with van der Waals surface area (Å²) in [5, 5.41) is 10.3. The van der Waals surface area contributed by atoms with Gasteiger partial charge in [0, 0.05) is 5.69 Å². The minimum absolute atomic E-state index is 0.0769. The molecule has 1 saturated carbocycles. The van der Waals surface area contributed by atoms with Gasteiger partial charge in [-0.3, -0.25) is 4.79 Å². The fraction of sp³-hybridized carbons (Fsp3) is 0.500. The van der Waals surface area contributed by atoms with Crippen LogP contribution in [0.3, 0.4) is 0 Å². The van der Waals surface area contributed by atoms with Gasteiger partial charge in [-0.1, -0.05) is 25.3 Å². The Hall–Kier alpha value is -1.84. The van der Waals surface area contributed by atoms with E-state index in [1.54, 1.807) is 6.07 Å². The number of nitrogens with zero attached hydrogens (tertiary/aromatic N) is 1. The van der Waals surface area contributed by atoms with Crippen molar-refractivity contribution in [3.8, 4) is 0 Å². The molecule has 1 atom stereocenters. The minimum Gasteiger partial charge on any atom is -0.510 e. The molecule has 3 nitrogen and oxygen atoms in total. The summed E-state index contributed by atoms with van der Waals surface area (Å²) in [6, 6.07) is 6.28. The summed E-state index contributed by atoms with van der Waals surface area (Å²) in [4.78, 5) is 14.0. The summed E-state index contributed by atoms with van der Waals surface area (Å²) in [5.74, 6) is 0.121. The molecule has 1 aromatic carbocycles. The Kier molecular flexibility index (Phi) is 4.19. The fourth-order valence-electron chi connectivity index (χ4n) is 3.93. The highest BCUT2D eigenvalue weighted by Gasteiger charge is 2.40. The van der Waals surface area contributed by atoms with Gasteiger partial charge in [-0.2, -0.15) is 0 Å². The number of benzene rings is 1. The Bertz CT molecular complexity index is 605. The first kappa shape index (κ1) is 15.1. The highest BCUT2D eigenvalue weighted by Crippen LogP contribution is 2.39. The Morgan fingerprint density at radius 1 is 1.27 bits per heavy atom. The second-order valence-electron chi connectivity index (χ2n) is 6.37. The van der Waals surface area contributed by atoms with Crippen molar-refractivity contribution in [2.75, 3.05) is 11.4 Å². The number of anilines is 1. The van der Waals surface area contributed by atoms with Crippen molar-refractivity contribution in [2.45, 2.75) is 45.1 Å². The maximum Gasteiger partial charge on any atom is 0.161 e. The lowest BCUT2D eigenvalue weighted by atomic mass is 9.80. The molecule has 1 N–H and O–H groups in total. The van der Waals surface area contributed by atoms with E-state index >= 15 is 0 Å². The van der Waals surface area contributed by atoms with Gasteiger partial charge in [0.15, 0.2) is 5.78 Å². The number of hydrogen-bond acceptors (Lipinski definition) is 3. The number of rotatable bonds is 3. The van der Waals surface area contributed by atoms with E-state index < -0.39 is 0 Å². The van der Waals surface area contributed by atoms with Crippen LogP contribution in [0.1, 0.15) is 39.0 Å². The smallest absolute Gasteiger partial charge is 0.161 e. The van der Waals surface area contributed by atoms with Gasteiger partial charge >= 0.3 is 0 Å². The molecule has 1 aliphatic heterocycles. The van der Waals surface area contributed by atoms with E-state index in [1.807, 2.05) is 11.0 Å². The fourth-order valence-corrected chi connectivity index (χ4v) is 3.93. The average molecular weight is 303 g/mol. The van der Waals surface area contributed by atoms with Crippen molar-refractivity contribution in [3.05, 3.63) is 41.4 Å². The predicted octanol–water partition coefficient (Wildman–Crippen LogP) is 4.00. The highest BCUT2D eigenvalue weighted by molar-refractivity contribution is 5.97. The van der Waals surface area contributed by atoms with Gasteiger partial charge in [0.2, 0.25) is 0 Å². The zero-order chi connectivity index (χ0) is 15.7. The average Bonchev–Trinajstić information content (AvgIpc) is 2.86.